The number of anilines is 1. The standard InChI is InChI=1S/C20H15ClN2O4/c21-13-3-1-2-4-14(13)22-19(24)20(7-8-20)18-10-16(27-23-18)12-5-6-15-17(9-12)26-11-25-15/h1-6,9-10H,7-8,11H2,(H,22,24). The van der Waals surface area contributed by atoms with Crippen molar-refractivity contribution in [3.63, 3.8) is 0 Å². The highest BCUT2D eigenvalue weighted by Crippen LogP contribution is 2.49. The van der Waals surface area contributed by atoms with E-state index in [1.54, 1.807) is 12.1 Å². The lowest BCUT2D eigenvalue weighted by Gasteiger charge is -2.13. The molecule has 2 aliphatic rings. The van der Waals surface area contributed by atoms with Crippen LogP contribution in [0.5, 0.6) is 11.5 Å². The van der Waals surface area contributed by atoms with Gasteiger partial charge in [0.15, 0.2) is 17.3 Å². The maximum Gasteiger partial charge on any atom is 0.236 e. The third kappa shape index (κ3) is 2.73. The van der Waals surface area contributed by atoms with E-state index in [-0.39, 0.29) is 12.7 Å². The van der Waals surface area contributed by atoms with Crippen LogP contribution in [0.3, 0.4) is 0 Å². The van der Waals surface area contributed by atoms with Crippen molar-refractivity contribution in [2.24, 2.45) is 0 Å². The Morgan fingerprint density at radius 3 is 2.70 bits per heavy atom. The Morgan fingerprint density at radius 1 is 1.07 bits per heavy atom. The number of nitrogens with one attached hydrogen (secondary N) is 1. The molecule has 1 aliphatic carbocycles. The number of amides is 1. The predicted octanol–water partition coefficient (Wildman–Crippen LogP) is 4.39. The molecule has 6 nitrogen and oxygen atoms in total. The summed E-state index contributed by atoms with van der Waals surface area (Å²) in [6.07, 6.45) is 1.44. The van der Waals surface area contributed by atoms with Crippen molar-refractivity contribution in [2.45, 2.75) is 18.3 Å². The molecule has 0 saturated heterocycles. The van der Waals surface area contributed by atoms with Crippen LogP contribution >= 0.6 is 11.6 Å². The average Bonchev–Trinajstić information content (AvgIpc) is 3.13. The number of nitrogens with zero attached hydrogens (tertiary/aromatic N) is 1. The normalized spacial score (nSPS) is 16.2. The topological polar surface area (TPSA) is 73.6 Å². The molecule has 2 heterocycles. The van der Waals surface area contributed by atoms with Crippen LogP contribution in [0.1, 0.15) is 18.5 Å². The van der Waals surface area contributed by atoms with Gasteiger partial charge in [0.25, 0.3) is 0 Å². The first-order chi connectivity index (χ1) is 13.2. The molecule has 1 fully saturated rings. The first-order valence-corrected chi connectivity index (χ1v) is 8.97. The first-order valence-electron chi connectivity index (χ1n) is 8.59. The van der Waals surface area contributed by atoms with E-state index in [0.29, 0.717) is 33.7 Å². The molecular formula is C20H15ClN2O4. The lowest BCUT2D eigenvalue weighted by molar-refractivity contribution is -0.118. The number of para-hydroxylation sites is 1. The molecule has 7 heteroatoms. The molecule has 1 aromatic heterocycles. The molecule has 1 N–H and O–H groups in total. The number of benzene rings is 2. The van der Waals surface area contributed by atoms with Crippen LogP contribution < -0.4 is 14.8 Å². The highest BCUT2D eigenvalue weighted by atomic mass is 35.5. The van der Waals surface area contributed by atoms with Crippen molar-refractivity contribution < 1.29 is 18.8 Å². The minimum atomic E-state index is -0.669. The highest BCUT2D eigenvalue weighted by molar-refractivity contribution is 6.33. The van der Waals surface area contributed by atoms with Crippen LogP contribution in [-0.4, -0.2) is 17.9 Å². The predicted molar refractivity (Wildman–Crippen MR) is 99.1 cm³/mol. The zero-order valence-corrected chi connectivity index (χ0v) is 15.0. The van der Waals surface area contributed by atoms with E-state index in [9.17, 15) is 4.79 Å². The number of rotatable bonds is 4. The molecule has 0 unspecified atom stereocenters. The number of aromatic nitrogens is 1. The Bertz CT molecular complexity index is 1040. The summed E-state index contributed by atoms with van der Waals surface area (Å²) in [5, 5.41) is 7.57. The number of fused-ring (bicyclic) bond motifs is 1. The van der Waals surface area contributed by atoms with Gasteiger partial charge in [-0.3, -0.25) is 4.79 Å². The monoisotopic (exact) mass is 382 g/mol. The maximum absolute atomic E-state index is 12.9. The van der Waals surface area contributed by atoms with Crippen LogP contribution in [0.4, 0.5) is 5.69 Å². The number of halogens is 1. The first kappa shape index (κ1) is 16.2. The largest absolute Gasteiger partial charge is 0.454 e. The average molecular weight is 383 g/mol. The summed E-state index contributed by atoms with van der Waals surface area (Å²) in [5.41, 5.74) is 1.37. The lowest BCUT2D eigenvalue weighted by atomic mass is 10.00. The number of hydrogen-bond donors (Lipinski definition) is 1. The summed E-state index contributed by atoms with van der Waals surface area (Å²) < 4.78 is 16.2. The highest BCUT2D eigenvalue weighted by Gasteiger charge is 2.54. The van der Waals surface area contributed by atoms with E-state index in [2.05, 4.69) is 10.5 Å². The Labute approximate surface area is 160 Å². The Hall–Kier alpha value is -2.99. The van der Waals surface area contributed by atoms with Crippen LogP contribution in [0, 0.1) is 0 Å². The second kappa shape index (κ2) is 6.03. The molecule has 3 aromatic rings. The number of hydrogen-bond acceptors (Lipinski definition) is 5. The summed E-state index contributed by atoms with van der Waals surface area (Å²) in [5.74, 6) is 1.83. The summed E-state index contributed by atoms with van der Waals surface area (Å²) >= 11 is 6.14. The number of carbonyl (C=O) groups is 1. The Morgan fingerprint density at radius 2 is 1.89 bits per heavy atom. The van der Waals surface area contributed by atoms with E-state index in [0.717, 1.165) is 18.4 Å². The van der Waals surface area contributed by atoms with Crippen molar-refractivity contribution in [3.05, 3.63) is 59.2 Å². The molecule has 136 valence electrons. The quantitative estimate of drug-likeness (QED) is 0.724. The molecule has 0 atom stereocenters. The fourth-order valence-corrected chi connectivity index (χ4v) is 3.40. The summed E-state index contributed by atoms with van der Waals surface area (Å²) in [6, 6.07) is 14.5. The van der Waals surface area contributed by atoms with Crippen LogP contribution in [0.15, 0.2) is 53.1 Å². The van der Waals surface area contributed by atoms with Crippen LogP contribution in [-0.2, 0) is 10.2 Å². The molecule has 0 spiro atoms. The molecule has 1 amide bonds. The minimum Gasteiger partial charge on any atom is -0.454 e. The summed E-state index contributed by atoms with van der Waals surface area (Å²) in [6.45, 7) is 0.214. The van der Waals surface area contributed by atoms with Gasteiger partial charge in [-0.05, 0) is 43.2 Å². The molecule has 1 aliphatic heterocycles. The van der Waals surface area contributed by atoms with E-state index in [1.807, 2.05) is 36.4 Å². The molecule has 5 rings (SSSR count). The fraction of sp³-hybridized carbons (Fsp3) is 0.200. The fourth-order valence-electron chi connectivity index (χ4n) is 3.22. The Kier molecular flexibility index (Phi) is 3.62. The molecule has 27 heavy (non-hydrogen) atoms. The van der Waals surface area contributed by atoms with Gasteiger partial charge < -0.3 is 19.3 Å². The third-order valence-corrected chi connectivity index (χ3v) is 5.29. The molecular weight excluding hydrogens is 368 g/mol. The molecule has 2 aromatic carbocycles. The van der Waals surface area contributed by atoms with E-state index >= 15 is 0 Å². The number of carbonyl (C=O) groups excluding carboxylic acids is 1. The van der Waals surface area contributed by atoms with Crippen molar-refractivity contribution in [2.75, 3.05) is 12.1 Å². The van der Waals surface area contributed by atoms with E-state index in [1.165, 1.54) is 0 Å². The van der Waals surface area contributed by atoms with Crippen molar-refractivity contribution in [1.82, 2.24) is 5.16 Å². The molecule has 0 bridgehead atoms. The smallest absolute Gasteiger partial charge is 0.236 e. The zero-order chi connectivity index (χ0) is 18.4. The second-order valence-corrected chi connectivity index (χ2v) is 7.07. The van der Waals surface area contributed by atoms with Crippen LogP contribution in [0.25, 0.3) is 11.3 Å². The van der Waals surface area contributed by atoms with Gasteiger partial charge >= 0.3 is 0 Å². The number of ether oxygens (including phenoxy) is 2. The van der Waals surface area contributed by atoms with Gasteiger partial charge in [-0.2, -0.15) is 0 Å². The lowest BCUT2D eigenvalue weighted by Crippen LogP contribution is -2.28. The van der Waals surface area contributed by atoms with Crippen molar-refractivity contribution >= 4 is 23.2 Å². The van der Waals surface area contributed by atoms with Gasteiger partial charge in [0.1, 0.15) is 0 Å². The maximum atomic E-state index is 12.9. The summed E-state index contributed by atoms with van der Waals surface area (Å²) in [7, 11) is 0. The zero-order valence-electron chi connectivity index (χ0n) is 14.2. The minimum absolute atomic E-state index is 0.124. The van der Waals surface area contributed by atoms with Gasteiger partial charge in [-0.25, -0.2) is 0 Å². The molecule has 1 saturated carbocycles. The van der Waals surface area contributed by atoms with Gasteiger partial charge in [0.05, 0.1) is 21.8 Å². The van der Waals surface area contributed by atoms with Gasteiger partial charge in [-0.15, -0.1) is 0 Å². The van der Waals surface area contributed by atoms with Crippen molar-refractivity contribution in [3.8, 4) is 22.8 Å². The van der Waals surface area contributed by atoms with Crippen molar-refractivity contribution in [1.29, 1.82) is 0 Å². The molecule has 0 radical (unpaired) electrons. The Balaban J connectivity index is 1.40. The van der Waals surface area contributed by atoms with Gasteiger partial charge in [0.2, 0.25) is 12.7 Å². The summed E-state index contributed by atoms with van der Waals surface area (Å²) in [4.78, 5) is 12.9. The SMILES string of the molecule is O=C(Nc1ccccc1Cl)C1(c2cc(-c3ccc4c(c3)OCO4)on2)CC1. The van der Waals surface area contributed by atoms with Gasteiger partial charge in [-0.1, -0.05) is 28.9 Å². The van der Waals surface area contributed by atoms with Crippen LogP contribution in [0.2, 0.25) is 5.02 Å². The second-order valence-electron chi connectivity index (χ2n) is 6.66. The third-order valence-electron chi connectivity index (χ3n) is 4.96. The van der Waals surface area contributed by atoms with E-state index in [4.69, 9.17) is 25.6 Å². The van der Waals surface area contributed by atoms with E-state index < -0.39 is 5.41 Å². The van der Waals surface area contributed by atoms with Gasteiger partial charge in [0, 0.05) is 11.6 Å².